The van der Waals surface area contributed by atoms with Gasteiger partial charge in [-0.2, -0.15) is 34.8 Å². The molecule has 0 fully saturated rings. The Morgan fingerprint density at radius 2 is 1.43 bits per heavy atom. The molecule has 0 unspecified atom stereocenters. The largest absolute Gasteiger partial charge is 0.416 e. The van der Waals surface area contributed by atoms with Gasteiger partial charge in [0.2, 0.25) is 0 Å². The number of rotatable bonds is 4. The van der Waals surface area contributed by atoms with Crippen molar-refractivity contribution in [3.05, 3.63) is 57.6 Å². The van der Waals surface area contributed by atoms with Crippen LogP contribution in [0, 0.1) is 10.1 Å². The molecule has 7 nitrogen and oxygen atoms in total. The topological polar surface area (TPSA) is 113 Å². The summed E-state index contributed by atoms with van der Waals surface area (Å²) >= 11 is 0. The molecule has 2 aromatic rings. The summed E-state index contributed by atoms with van der Waals surface area (Å²) in [4.78, 5) is 8.89. The second kappa shape index (κ2) is 6.85. The molecule has 0 atom stereocenters. The average Bonchev–Trinajstić information content (AvgIpc) is 2.52. The molecule has 0 saturated carbocycles. The highest BCUT2D eigenvalue weighted by Gasteiger charge is 2.37. The molecule has 152 valence electrons. The van der Waals surface area contributed by atoms with Crippen molar-refractivity contribution in [3.8, 4) is 5.75 Å². The van der Waals surface area contributed by atoms with Crippen LogP contribution in [-0.4, -0.2) is 13.3 Å². The zero-order chi connectivity index (χ0) is 21.5. The number of nitrogens with two attached hydrogens (primary N) is 1. The third kappa shape index (κ3) is 4.62. The van der Waals surface area contributed by atoms with Crippen molar-refractivity contribution >= 4 is 21.5 Å². The summed E-state index contributed by atoms with van der Waals surface area (Å²) in [6, 6.07) is 1.92. The Kier molecular flexibility index (Phi) is 5.20. The standard InChI is InChI=1S/C14H8F6N2O5S/c15-13(16,17)7-3-8(14(18,19)20)5-9(4-7)27-28(25,26)10-1-2-11(21)12(6-10)22(23)24/h1-6H,21H2. The quantitative estimate of drug-likeness (QED) is 0.258. The van der Waals surface area contributed by atoms with E-state index < -0.39 is 60.5 Å². The summed E-state index contributed by atoms with van der Waals surface area (Å²) in [5.74, 6) is -1.28. The maximum Gasteiger partial charge on any atom is 0.416 e. The lowest BCUT2D eigenvalue weighted by Gasteiger charge is -2.14. The number of alkyl halides is 6. The van der Waals surface area contributed by atoms with Crippen LogP contribution in [0.15, 0.2) is 41.3 Å². The van der Waals surface area contributed by atoms with Crippen LogP contribution in [0.2, 0.25) is 0 Å². The Balaban J connectivity index is 2.55. The predicted octanol–water partition coefficient (Wildman–Crippen LogP) is 3.98. The number of nitrogen functional groups attached to an aromatic ring is 1. The first-order chi connectivity index (χ1) is 12.6. The number of nitro benzene ring substituents is 1. The highest BCUT2D eigenvalue weighted by atomic mass is 32.2. The molecule has 2 rings (SSSR count). The first-order valence-electron chi connectivity index (χ1n) is 6.89. The number of benzene rings is 2. The Labute approximate surface area is 152 Å². The normalized spacial score (nSPS) is 12.6. The fourth-order valence-electron chi connectivity index (χ4n) is 1.99. The molecular formula is C14H8F6N2O5S. The maximum absolute atomic E-state index is 12.8. The monoisotopic (exact) mass is 430 g/mol. The molecule has 0 aliphatic heterocycles. The summed E-state index contributed by atoms with van der Waals surface area (Å²) in [6.07, 6.45) is -10.4. The van der Waals surface area contributed by atoms with Crippen molar-refractivity contribution < 1.29 is 43.9 Å². The van der Waals surface area contributed by atoms with Gasteiger partial charge in [0.05, 0.1) is 16.1 Å². The molecule has 0 radical (unpaired) electrons. The van der Waals surface area contributed by atoms with Gasteiger partial charge in [-0.3, -0.25) is 10.1 Å². The van der Waals surface area contributed by atoms with Crippen LogP contribution >= 0.6 is 0 Å². The van der Waals surface area contributed by atoms with Gasteiger partial charge in [-0.25, -0.2) is 0 Å². The van der Waals surface area contributed by atoms with E-state index >= 15 is 0 Å². The van der Waals surface area contributed by atoms with Crippen molar-refractivity contribution in [1.82, 2.24) is 0 Å². The maximum atomic E-state index is 12.8. The number of anilines is 1. The van der Waals surface area contributed by atoms with Gasteiger partial charge in [0.25, 0.3) is 5.69 Å². The van der Waals surface area contributed by atoms with Gasteiger partial charge >= 0.3 is 22.5 Å². The lowest BCUT2D eigenvalue weighted by molar-refractivity contribution is -0.384. The number of hydrogen-bond donors (Lipinski definition) is 1. The number of hydrogen-bond acceptors (Lipinski definition) is 6. The van der Waals surface area contributed by atoms with Crippen molar-refractivity contribution in [2.75, 3.05) is 5.73 Å². The van der Waals surface area contributed by atoms with Crippen LogP contribution in [0.25, 0.3) is 0 Å². The molecule has 0 aliphatic carbocycles. The van der Waals surface area contributed by atoms with E-state index in [0.717, 1.165) is 12.1 Å². The highest BCUT2D eigenvalue weighted by Crippen LogP contribution is 2.39. The summed E-state index contributed by atoms with van der Waals surface area (Å²) in [6.45, 7) is 0. The summed E-state index contributed by atoms with van der Waals surface area (Å²) in [5.41, 5.74) is 0.446. The van der Waals surface area contributed by atoms with E-state index in [9.17, 15) is 44.9 Å². The molecule has 0 heterocycles. The second-order valence-corrected chi connectivity index (χ2v) is 6.80. The molecule has 0 aromatic heterocycles. The van der Waals surface area contributed by atoms with Gasteiger partial charge in [-0.1, -0.05) is 0 Å². The zero-order valence-electron chi connectivity index (χ0n) is 13.2. The first kappa shape index (κ1) is 21.3. The van der Waals surface area contributed by atoms with E-state index in [-0.39, 0.29) is 18.2 Å². The van der Waals surface area contributed by atoms with E-state index in [1.165, 1.54) is 0 Å². The Morgan fingerprint density at radius 3 is 1.86 bits per heavy atom. The summed E-state index contributed by atoms with van der Waals surface area (Å²) < 4.78 is 106. The van der Waals surface area contributed by atoms with Gasteiger partial charge in [0.1, 0.15) is 16.3 Å². The molecule has 0 bridgehead atoms. The minimum absolute atomic E-state index is 0.0541. The molecule has 14 heteroatoms. The molecule has 0 saturated heterocycles. The van der Waals surface area contributed by atoms with E-state index in [1.807, 2.05) is 0 Å². The van der Waals surface area contributed by atoms with Gasteiger partial charge in [0.15, 0.2) is 0 Å². The molecule has 0 amide bonds. The third-order valence-electron chi connectivity index (χ3n) is 3.25. The van der Waals surface area contributed by atoms with Crippen molar-refractivity contribution in [2.45, 2.75) is 17.2 Å². The van der Waals surface area contributed by atoms with E-state index in [0.29, 0.717) is 6.07 Å². The SMILES string of the molecule is Nc1ccc(S(=O)(=O)Oc2cc(C(F)(F)F)cc(C(F)(F)F)c2)cc1[N+](=O)[O-]. The van der Waals surface area contributed by atoms with E-state index in [1.54, 1.807) is 0 Å². The van der Waals surface area contributed by atoms with Gasteiger partial charge in [-0.15, -0.1) is 0 Å². The number of nitro groups is 1. The minimum Gasteiger partial charge on any atom is -0.393 e. The lowest BCUT2D eigenvalue weighted by atomic mass is 10.1. The van der Waals surface area contributed by atoms with Gasteiger partial charge in [-0.05, 0) is 30.3 Å². The second-order valence-electron chi connectivity index (χ2n) is 5.26. The predicted molar refractivity (Wildman–Crippen MR) is 81.8 cm³/mol. The smallest absolute Gasteiger partial charge is 0.393 e. The van der Waals surface area contributed by atoms with Crippen LogP contribution in [0.1, 0.15) is 11.1 Å². The molecule has 0 spiro atoms. The minimum atomic E-state index is -5.22. The zero-order valence-corrected chi connectivity index (χ0v) is 14.0. The molecule has 2 aromatic carbocycles. The fourth-order valence-corrected chi connectivity index (χ4v) is 2.92. The van der Waals surface area contributed by atoms with Crippen molar-refractivity contribution in [3.63, 3.8) is 0 Å². The Morgan fingerprint density at radius 1 is 0.929 bits per heavy atom. The van der Waals surface area contributed by atoms with Crippen LogP contribution in [0.4, 0.5) is 37.7 Å². The first-order valence-corrected chi connectivity index (χ1v) is 8.30. The number of nitrogens with zero attached hydrogens (tertiary/aromatic N) is 1. The van der Waals surface area contributed by atoms with Crippen molar-refractivity contribution in [1.29, 1.82) is 0 Å². The molecule has 28 heavy (non-hydrogen) atoms. The lowest BCUT2D eigenvalue weighted by Crippen LogP contribution is -2.14. The van der Waals surface area contributed by atoms with Crippen molar-refractivity contribution in [2.24, 2.45) is 0 Å². The molecule has 2 N–H and O–H groups in total. The Bertz CT molecular complexity index is 1000. The highest BCUT2D eigenvalue weighted by molar-refractivity contribution is 7.87. The number of halogens is 6. The van der Waals surface area contributed by atoms with Crippen LogP contribution < -0.4 is 9.92 Å². The Hall–Kier alpha value is -3.03. The summed E-state index contributed by atoms with van der Waals surface area (Å²) in [7, 11) is -5.01. The van der Waals surface area contributed by atoms with Gasteiger partial charge in [0, 0.05) is 6.07 Å². The van der Waals surface area contributed by atoms with Gasteiger partial charge < -0.3 is 9.92 Å². The van der Waals surface area contributed by atoms with E-state index in [4.69, 9.17) is 5.73 Å². The average molecular weight is 430 g/mol. The molecular weight excluding hydrogens is 422 g/mol. The van der Waals surface area contributed by atoms with E-state index in [2.05, 4.69) is 4.18 Å². The van der Waals surface area contributed by atoms with Crippen LogP contribution in [0.5, 0.6) is 5.75 Å². The van der Waals surface area contributed by atoms with Crippen LogP contribution in [0.3, 0.4) is 0 Å². The summed E-state index contributed by atoms with van der Waals surface area (Å²) in [5, 5.41) is 10.8. The van der Waals surface area contributed by atoms with Crippen LogP contribution in [-0.2, 0) is 22.5 Å². The third-order valence-corrected chi connectivity index (χ3v) is 4.50. The molecule has 0 aliphatic rings. The fraction of sp³-hybridized carbons (Fsp3) is 0.143.